The zero-order valence-electron chi connectivity index (χ0n) is 19.4. The first-order valence-corrected chi connectivity index (χ1v) is 12.2. The molecule has 34 heavy (non-hydrogen) atoms. The molecule has 3 heterocycles. The van der Waals surface area contributed by atoms with Crippen molar-refractivity contribution in [2.75, 3.05) is 39.0 Å². The summed E-state index contributed by atoms with van der Waals surface area (Å²) < 4.78 is 16.2. The normalized spacial score (nSPS) is 16.1. The van der Waals surface area contributed by atoms with Crippen molar-refractivity contribution >= 4 is 27.8 Å². The number of anilines is 1. The Bertz CT molecular complexity index is 1100. The third-order valence-corrected chi connectivity index (χ3v) is 6.31. The van der Waals surface area contributed by atoms with Crippen molar-refractivity contribution in [3.05, 3.63) is 58.8 Å². The Morgan fingerprint density at radius 3 is 2.65 bits per heavy atom. The first kappa shape index (κ1) is 24.3. The van der Waals surface area contributed by atoms with Gasteiger partial charge in [-0.05, 0) is 67.0 Å². The number of nitrogens with one attached hydrogen (secondary N) is 1. The molecular weight excluding hydrogens is 501 g/mol. The summed E-state index contributed by atoms with van der Waals surface area (Å²) in [4.78, 5) is 26.3. The van der Waals surface area contributed by atoms with Crippen molar-refractivity contribution in [1.82, 2.24) is 29.5 Å². The second kappa shape index (κ2) is 11.1. The van der Waals surface area contributed by atoms with Gasteiger partial charge in [-0.2, -0.15) is 5.10 Å². The van der Waals surface area contributed by atoms with Crippen LogP contribution in [-0.2, 0) is 6.54 Å². The van der Waals surface area contributed by atoms with E-state index >= 15 is 0 Å². The Kier molecular flexibility index (Phi) is 7.89. The minimum absolute atomic E-state index is 0.00138. The first-order chi connectivity index (χ1) is 16.4. The lowest BCUT2D eigenvalue weighted by Crippen LogP contribution is -2.47. The molecule has 1 fully saturated rings. The second-order valence-corrected chi connectivity index (χ2v) is 9.63. The highest BCUT2D eigenvalue weighted by Gasteiger charge is 2.31. The van der Waals surface area contributed by atoms with Gasteiger partial charge in [0.25, 0.3) is 5.91 Å². The summed E-state index contributed by atoms with van der Waals surface area (Å²) in [5, 5.41) is 7.93. The number of nitrogens with zero attached hydrogens (tertiary/aromatic N) is 6. The van der Waals surface area contributed by atoms with Gasteiger partial charge < -0.3 is 15.1 Å². The molecular formula is C24H29BrFN7O. The van der Waals surface area contributed by atoms with E-state index in [1.807, 2.05) is 25.2 Å². The van der Waals surface area contributed by atoms with Crippen LogP contribution in [0.15, 0.2) is 47.3 Å². The molecule has 1 N–H and O–H groups in total. The van der Waals surface area contributed by atoms with Crippen molar-refractivity contribution in [2.24, 2.45) is 0 Å². The smallest absolute Gasteiger partial charge is 0.275 e. The van der Waals surface area contributed by atoms with E-state index in [1.54, 1.807) is 29.2 Å². The fourth-order valence-electron chi connectivity index (χ4n) is 4.07. The highest BCUT2D eigenvalue weighted by molar-refractivity contribution is 9.10. The van der Waals surface area contributed by atoms with Gasteiger partial charge >= 0.3 is 0 Å². The number of hydrogen-bond acceptors (Lipinski definition) is 6. The van der Waals surface area contributed by atoms with Gasteiger partial charge in [-0.15, -0.1) is 0 Å². The topological polar surface area (TPSA) is 79.2 Å². The number of hydrogen-bond donors (Lipinski definition) is 1. The Hall–Kier alpha value is -2.85. The number of carbonyl (C=O) groups excluding carboxylic acids is 1. The van der Waals surface area contributed by atoms with Crippen LogP contribution < -0.4 is 5.32 Å². The van der Waals surface area contributed by atoms with E-state index in [4.69, 9.17) is 0 Å². The van der Waals surface area contributed by atoms with E-state index in [-0.39, 0.29) is 17.8 Å². The molecule has 0 radical (unpaired) electrons. The summed E-state index contributed by atoms with van der Waals surface area (Å²) in [7, 11) is 3.99. The fraction of sp³-hybridized carbons (Fsp3) is 0.417. The van der Waals surface area contributed by atoms with Crippen LogP contribution in [0.2, 0.25) is 0 Å². The van der Waals surface area contributed by atoms with Crippen molar-refractivity contribution < 1.29 is 9.18 Å². The van der Waals surface area contributed by atoms with Gasteiger partial charge in [-0.1, -0.05) is 12.1 Å². The highest BCUT2D eigenvalue weighted by Crippen LogP contribution is 2.27. The quantitative estimate of drug-likeness (QED) is 0.476. The van der Waals surface area contributed by atoms with E-state index in [1.165, 1.54) is 12.1 Å². The predicted octanol–water partition coefficient (Wildman–Crippen LogP) is 3.91. The summed E-state index contributed by atoms with van der Waals surface area (Å²) in [6, 6.07) is 6.21. The van der Waals surface area contributed by atoms with E-state index in [9.17, 15) is 9.18 Å². The lowest BCUT2D eigenvalue weighted by Gasteiger charge is -2.35. The van der Waals surface area contributed by atoms with Crippen LogP contribution in [0.25, 0.3) is 11.1 Å². The van der Waals surface area contributed by atoms with Crippen LogP contribution in [0.3, 0.4) is 0 Å². The molecule has 0 saturated carbocycles. The number of piperidine rings is 1. The molecule has 4 rings (SSSR count). The summed E-state index contributed by atoms with van der Waals surface area (Å²) >= 11 is 3.34. The molecule has 1 aromatic carbocycles. The monoisotopic (exact) mass is 529 g/mol. The summed E-state index contributed by atoms with van der Waals surface area (Å²) in [6.07, 6.45) is 8.16. The third kappa shape index (κ3) is 5.98. The van der Waals surface area contributed by atoms with E-state index in [0.29, 0.717) is 31.3 Å². The second-order valence-electron chi connectivity index (χ2n) is 8.72. The van der Waals surface area contributed by atoms with Crippen LogP contribution in [0.5, 0.6) is 0 Å². The number of rotatable bonds is 8. The molecule has 0 spiro atoms. The van der Waals surface area contributed by atoms with Gasteiger partial charge in [-0.3, -0.25) is 9.48 Å². The van der Waals surface area contributed by atoms with Crippen molar-refractivity contribution in [3.8, 4) is 11.1 Å². The molecule has 1 aliphatic rings. The molecule has 0 aliphatic carbocycles. The number of aromatic nitrogens is 4. The number of benzene rings is 1. The molecule has 1 amide bonds. The van der Waals surface area contributed by atoms with E-state index in [2.05, 4.69) is 41.2 Å². The maximum atomic E-state index is 13.8. The summed E-state index contributed by atoms with van der Waals surface area (Å²) in [5.74, 6) is 0.112. The van der Waals surface area contributed by atoms with Crippen LogP contribution in [0.4, 0.5) is 10.3 Å². The minimum atomic E-state index is -0.311. The zero-order valence-corrected chi connectivity index (χ0v) is 21.0. The van der Waals surface area contributed by atoms with Gasteiger partial charge in [0.1, 0.15) is 5.82 Å². The van der Waals surface area contributed by atoms with Gasteiger partial charge in [-0.25, -0.2) is 14.4 Å². The first-order valence-electron chi connectivity index (χ1n) is 11.4. The largest absolute Gasteiger partial charge is 0.352 e. The number of halogens is 2. The highest BCUT2D eigenvalue weighted by atomic mass is 79.9. The molecule has 0 unspecified atom stereocenters. The SMILES string of the molecule is CN(C)CCn1cc(-c2ccc(F)cc2)c(C(=O)N2CCCC[C@H]2CNc2ncc(Br)cn2)n1. The van der Waals surface area contributed by atoms with Crippen LogP contribution in [-0.4, -0.2) is 75.2 Å². The van der Waals surface area contributed by atoms with Gasteiger partial charge in [0.15, 0.2) is 5.69 Å². The number of likely N-dealkylation sites (N-methyl/N-ethyl adjacent to an activating group) is 1. The van der Waals surface area contributed by atoms with Crippen LogP contribution in [0, 0.1) is 5.82 Å². The molecule has 180 valence electrons. The van der Waals surface area contributed by atoms with E-state index < -0.39 is 0 Å². The predicted molar refractivity (Wildman–Crippen MR) is 133 cm³/mol. The van der Waals surface area contributed by atoms with Gasteiger partial charge in [0.05, 0.1) is 11.0 Å². The number of likely N-dealkylation sites (tertiary alicyclic amines) is 1. The average Bonchev–Trinajstić information content (AvgIpc) is 3.27. The summed E-state index contributed by atoms with van der Waals surface area (Å²) in [6.45, 7) is 2.67. The Balaban J connectivity index is 1.58. The lowest BCUT2D eigenvalue weighted by atomic mass is 10.00. The number of amides is 1. The van der Waals surface area contributed by atoms with Gasteiger partial charge in [0, 0.05) is 49.8 Å². The molecule has 3 aromatic rings. The van der Waals surface area contributed by atoms with Crippen molar-refractivity contribution in [1.29, 1.82) is 0 Å². The van der Waals surface area contributed by atoms with Crippen LogP contribution >= 0.6 is 15.9 Å². The van der Waals surface area contributed by atoms with Crippen LogP contribution in [0.1, 0.15) is 29.8 Å². The molecule has 10 heteroatoms. The molecule has 8 nitrogen and oxygen atoms in total. The molecule has 1 aliphatic heterocycles. The minimum Gasteiger partial charge on any atom is -0.352 e. The molecule has 1 atom stereocenters. The Morgan fingerprint density at radius 1 is 1.21 bits per heavy atom. The Labute approximate surface area is 207 Å². The third-order valence-electron chi connectivity index (χ3n) is 5.90. The lowest BCUT2D eigenvalue weighted by molar-refractivity contribution is 0.0622. The standard InChI is InChI=1S/C24H29BrFN7O/c1-31(2)11-12-32-16-21(17-6-8-19(26)9-7-17)22(30-32)23(34)33-10-4-3-5-20(33)15-29-24-27-13-18(25)14-28-24/h6-9,13-14,16,20H,3-5,10-12,15H2,1-2H3,(H,27,28,29)/t20-/m0/s1. The Morgan fingerprint density at radius 2 is 1.94 bits per heavy atom. The molecule has 0 bridgehead atoms. The zero-order chi connectivity index (χ0) is 24.1. The average molecular weight is 530 g/mol. The summed E-state index contributed by atoms with van der Waals surface area (Å²) in [5.41, 5.74) is 1.89. The molecule has 2 aromatic heterocycles. The van der Waals surface area contributed by atoms with Crippen molar-refractivity contribution in [3.63, 3.8) is 0 Å². The number of carbonyl (C=O) groups is 1. The molecule has 1 saturated heterocycles. The maximum absolute atomic E-state index is 13.8. The fourth-order valence-corrected chi connectivity index (χ4v) is 4.27. The van der Waals surface area contributed by atoms with E-state index in [0.717, 1.165) is 41.4 Å². The van der Waals surface area contributed by atoms with Gasteiger partial charge in [0.2, 0.25) is 5.95 Å². The maximum Gasteiger partial charge on any atom is 0.275 e. The van der Waals surface area contributed by atoms with Crippen molar-refractivity contribution in [2.45, 2.75) is 31.8 Å².